The second kappa shape index (κ2) is 11.7. The van der Waals surface area contributed by atoms with E-state index in [1.165, 1.54) is 5.56 Å². The van der Waals surface area contributed by atoms with Crippen molar-refractivity contribution >= 4 is 34.2 Å². The SMILES string of the molecule is Cc1ccc(OCCC(=O)NCCCN2CCNCC2)c(Br)c1.Cl. The van der Waals surface area contributed by atoms with E-state index in [1.807, 2.05) is 25.1 Å². The Kier molecular flexibility index (Phi) is 10.3. The minimum atomic E-state index is 0. The summed E-state index contributed by atoms with van der Waals surface area (Å²) in [6.45, 7) is 8.55. The first-order valence-electron chi connectivity index (χ1n) is 8.24. The van der Waals surface area contributed by atoms with Crippen LogP contribution in [0.15, 0.2) is 22.7 Å². The van der Waals surface area contributed by atoms with Crippen LogP contribution in [-0.2, 0) is 4.79 Å². The van der Waals surface area contributed by atoms with Crippen LogP contribution in [0.1, 0.15) is 18.4 Å². The number of amides is 1. The lowest BCUT2D eigenvalue weighted by atomic mass is 10.2. The van der Waals surface area contributed by atoms with Gasteiger partial charge in [0.1, 0.15) is 5.75 Å². The van der Waals surface area contributed by atoms with E-state index in [2.05, 4.69) is 31.5 Å². The fourth-order valence-electron chi connectivity index (χ4n) is 2.53. The summed E-state index contributed by atoms with van der Waals surface area (Å²) in [6.07, 6.45) is 1.38. The zero-order valence-electron chi connectivity index (χ0n) is 14.1. The Hall–Kier alpha value is -0.820. The van der Waals surface area contributed by atoms with Crippen LogP contribution in [0.5, 0.6) is 5.75 Å². The molecule has 2 N–H and O–H groups in total. The zero-order valence-corrected chi connectivity index (χ0v) is 16.5. The number of hydrogen-bond donors (Lipinski definition) is 2. The van der Waals surface area contributed by atoms with Gasteiger partial charge in [-0.1, -0.05) is 6.07 Å². The number of halogens is 2. The molecule has 0 radical (unpaired) electrons. The molecule has 0 saturated carbocycles. The number of nitrogens with one attached hydrogen (secondary N) is 2. The minimum Gasteiger partial charge on any atom is -0.492 e. The Morgan fingerprint density at radius 2 is 2.12 bits per heavy atom. The number of ether oxygens (including phenoxy) is 1. The lowest BCUT2D eigenvalue weighted by Gasteiger charge is -2.27. The maximum atomic E-state index is 11.8. The molecular weight excluding hydrogens is 394 g/mol. The minimum absolute atomic E-state index is 0. The highest BCUT2D eigenvalue weighted by Gasteiger charge is 2.09. The zero-order chi connectivity index (χ0) is 16.5. The average Bonchev–Trinajstić information content (AvgIpc) is 2.55. The molecule has 0 bridgehead atoms. The van der Waals surface area contributed by atoms with Crippen LogP contribution in [0.2, 0.25) is 0 Å². The molecule has 136 valence electrons. The van der Waals surface area contributed by atoms with Gasteiger partial charge >= 0.3 is 0 Å². The Labute approximate surface area is 159 Å². The molecule has 24 heavy (non-hydrogen) atoms. The molecular formula is C17H27BrClN3O2. The Morgan fingerprint density at radius 1 is 1.38 bits per heavy atom. The van der Waals surface area contributed by atoms with Crippen molar-refractivity contribution in [3.63, 3.8) is 0 Å². The predicted molar refractivity (Wildman–Crippen MR) is 103 cm³/mol. The normalized spacial score (nSPS) is 14.8. The van der Waals surface area contributed by atoms with E-state index in [9.17, 15) is 4.79 Å². The van der Waals surface area contributed by atoms with E-state index in [4.69, 9.17) is 4.74 Å². The third-order valence-corrected chi connectivity index (χ3v) is 4.48. The summed E-state index contributed by atoms with van der Waals surface area (Å²) in [5.41, 5.74) is 1.17. The first kappa shape index (κ1) is 21.2. The molecule has 1 saturated heterocycles. The number of hydrogen-bond acceptors (Lipinski definition) is 4. The van der Waals surface area contributed by atoms with Crippen molar-refractivity contribution in [3.8, 4) is 5.75 Å². The maximum absolute atomic E-state index is 11.8. The average molecular weight is 421 g/mol. The van der Waals surface area contributed by atoms with Gasteiger partial charge in [-0.2, -0.15) is 0 Å². The third kappa shape index (κ3) is 7.83. The highest BCUT2D eigenvalue weighted by atomic mass is 79.9. The van der Waals surface area contributed by atoms with Gasteiger partial charge in [0.15, 0.2) is 0 Å². The quantitative estimate of drug-likeness (QED) is 0.634. The van der Waals surface area contributed by atoms with Crippen LogP contribution in [0, 0.1) is 6.92 Å². The molecule has 1 aromatic carbocycles. The van der Waals surface area contributed by atoms with Gasteiger partial charge in [-0.05, 0) is 53.5 Å². The number of nitrogens with zero attached hydrogens (tertiary/aromatic N) is 1. The van der Waals surface area contributed by atoms with Crippen LogP contribution < -0.4 is 15.4 Å². The van der Waals surface area contributed by atoms with Crippen LogP contribution in [0.3, 0.4) is 0 Å². The molecule has 7 heteroatoms. The molecule has 1 aliphatic heterocycles. The maximum Gasteiger partial charge on any atom is 0.223 e. The van der Waals surface area contributed by atoms with Gasteiger partial charge in [0, 0.05) is 32.7 Å². The predicted octanol–water partition coefficient (Wildman–Crippen LogP) is 2.36. The summed E-state index contributed by atoms with van der Waals surface area (Å²) >= 11 is 3.47. The smallest absolute Gasteiger partial charge is 0.223 e. The van der Waals surface area contributed by atoms with Crippen molar-refractivity contribution < 1.29 is 9.53 Å². The molecule has 1 aromatic rings. The Bertz CT molecular complexity index is 511. The number of rotatable bonds is 8. The first-order chi connectivity index (χ1) is 11.1. The van der Waals surface area contributed by atoms with Gasteiger partial charge in [-0.15, -0.1) is 12.4 Å². The number of carbonyl (C=O) groups is 1. The summed E-state index contributed by atoms with van der Waals surface area (Å²) in [5, 5.41) is 6.30. The molecule has 1 fully saturated rings. The molecule has 1 aliphatic rings. The summed E-state index contributed by atoms with van der Waals surface area (Å²) in [5.74, 6) is 0.829. The molecule has 0 spiro atoms. The number of carbonyl (C=O) groups excluding carboxylic acids is 1. The molecule has 0 unspecified atom stereocenters. The van der Waals surface area contributed by atoms with Crippen molar-refractivity contribution in [1.29, 1.82) is 0 Å². The van der Waals surface area contributed by atoms with E-state index in [0.29, 0.717) is 13.0 Å². The molecule has 1 heterocycles. The summed E-state index contributed by atoms with van der Waals surface area (Å²) < 4.78 is 6.57. The lowest BCUT2D eigenvalue weighted by molar-refractivity contribution is -0.121. The molecule has 0 aliphatic carbocycles. The van der Waals surface area contributed by atoms with Crippen LogP contribution >= 0.6 is 28.3 Å². The van der Waals surface area contributed by atoms with Crippen LogP contribution in [0.25, 0.3) is 0 Å². The van der Waals surface area contributed by atoms with Crippen molar-refractivity contribution in [2.24, 2.45) is 0 Å². The molecule has 0 atom stereocenters. The van der Waals surface area contributed by atoms with Crippen molar-refractivity contribution in [1.82, 2.24) is 15.5 Å². The van der Waals surface area contributed by atoms with Gasteiger partial charge in [0.05, 0.1) is 17.5 Å². The summed E-state index contributed by atoms with van der Waals surface area (Å²) in [6, 6.07) is 5.92. The van der Waals surface area contributed by atoms with Crippen molar-refractivity contribution in [3.05, 3.63) is 28.2 Å². The standard InChI is InChI=1S/C17H26BrN3O2.ClH/c1-14-3-4-16(15(18)13-14)23-12-5-17(22)20-6-2-9-21-10-7-19-8-11-21;/h3-4,13,19H,2,5-12H2,1H3,(H,20,22);1H. The number of piperazine rings is 1. The van der Waals surface area contributed by atoms with E-state index in [-0.39, 0.29) is 18.3 Å². The van der Waals surface area contributed by atoms with Gasteiger partial charge in [-0.3, -0.25) is 4.79 Å². The molecule has 5 nitrogen and oxygen atoms in total. The largest absolute Gasteiger partial charge is 0.492 e. The van der Waals surface area contributed by atoms with Gasteiger partial charge < -0.3 is 20.3 Å². The number of aryl methyl sites for hydroxylation is 1. The second-order valence-corrected chi connectivity index (χ2v) is 6.68. The summed E-state index contributed by atoms with van der Waals surface area (Å²) in [4.78, 5) is 14.2. The van der Waals surface area contributed by atoms with Gasteiger partial charge in [0.25, 0.3) is 0 Å². The van der Waals surface area contributed by atoms with Crippen LogP contribution in [-0.4, -0.2) is 56.7 Å². The van der Waals surface area contributed by atoms with E-state index < -0.39 is 0 Å². The fraction of sp³-hybridized carbons (Fsp3) is 0.588. The monoisotopic (exact) mass is 419 g/mol. The third-order valence-electron chi connectivity index (χ3n) is 3.86. The van der Waals surface area contributed by atoms with E-state index >= 15 is 0 Å². The lowest BCUT2D eigenvalue weighted by Crippen LogP contribution is -2.44. The Morgan fingerprint density at radius 3 is 2.83 bits per heavy atom. The Balaban J connectivity index is 0.00000288. The highest BCUT2D eigenvalue weighted by Crippen LogP contribution is 2.25. The van der Waals surface area contributed by atoms with Crippen molar-refractivity contribution in [2.75, 3.05) is 45.9 Å². The second-order valence-electron chi connectivity index (χ2n) is 5.83. The molecule has 1 amide bonds. The summed E-state index contributed by atoms with van der Waals surface area (Å²) in [7, 11) is 0. The fourth-order valence-corrected chi connectivity index (χ4v) is 3.14. The first-order valence-corrected chi connectivity index (χ1v) is 9.03. The molecule has 2 rings (SSSR count). The van der Waals surface area contributed by atoms with E-state index in [0.717, 1.165) is 55.9 Å². The highest BCUT2D eigenvalue weighted by molar-refractivity contribution is 9.10. The van der Waals surface area contributed by atoms with E-state index in [1.54, 1.807) is 0 Å². The molecule has 0 aromatic heterocycles. The van der Waals surface area contributed by atoms with Gasteiger partial charge in [0.2, 0.25) is 5.91 Å². The van der Waals surface area contributed by atoms with Crippen molar-refractivity contribution in [2.45, 2.75) is 19.8 Å². The number of benzene rings is 1. The van der Waals surface area contributed by atoms with Gasteiger partial charge in [-0.25, -0.2) is 0 Å². The van der Waals surface area contributed by atoms with Crippen LogP contribution in [0.4, 0.5) is 0 Å². The topological polar surface area (TPSA) is 53.6 Å².